The summed E-state index contributed by atoms with van der Waals surface area (Å²) in [5.41, 5.74) is -0.440. The Kier molecular flexibility index (Phi) is 6.61. The van der Waals surface area contributed by atoms with E-state index in [1.165, 1.54) is 18.2 Å². The zero-order chi connectivity index (χ0) is 20.0. The van der Waals surface area contributed by atoms with E-state index in [1.807, 2.05) is 0 Å². The van der Waals surface area contributed by atoms with Gasteiger partial charge in [-0.3, -0.25) is 0 Å². The molecule has 3 aromatic rings. The van der Waals surface area contributed by atoms with Crippen LogP contribution < -0.4 is 0 Å². The zero-order valence-corrected chi connectivity index (χ0v) is 15.7. The maximum absolute atomic E-state index is 15.0. The normalized spacial score (nSPS) is 11.5. The number of rotatable bonds is 8. The molecule has 0 spiro atoms. The van der Waals surface area contributed by atoms with Gasteiger partial charge in [-0.05, 0) is 24.6 Å². The van der Waals surface area contributed by atoms with E-state index in [1.54, 1.807) is 54.6 Å². The molecule has 142 valence electrons. The van der Waals surface area contributed by atoms with E-state index >= 15 is 13.2 Å². The molecule has 0 fully saturated rings. The first kappa shape index (κ1) is 20.3. The standard InChI is InChI=1S/C24H22BF3/c25-17-9-1-8-16-24(18-10-2-5-13-21(18)26,19-11-3-6-14-22(19)27)20-12-4-7-15-23(20)28/h2-7,10-15H,1,8-9,16-17H2. The van der Waals surface area contributed by atoms with E-state index in [4.69, 9.17) is 7.85 Å². The van der Waals surface area contributed by atoms with E-state index in [9.17, 15) is 0 Å². The second-order valence-corrected chi connectivity index (χ2v) is 6.94. The average molecular weight is 378 g/mol. The minimum Gasteiger partial charge on any atom is -0.207 e. The molecule has 0 nitrogen and oxygen atoms in total. The summed E-state index contributed by atoms with van der Waals surface area (Å²) in [6.07, 6.45) is 3.19. The van der Waals surface area contributed by atoms with E-state index in [0.717, 1.165) is 12.8 Å². The van der Waals surface area contributed by atoms with Crippen LogP contribution in [0.2, 0.25) is 6.32 Å². The van der Waals surface area contributed by atoms with E-state index in [2.05, 4.69) is 0 Å². The van der Waals surface area contributed by atoms with Crippen LogP contribution in [-0.2, 0) is 5.41 Å². The molecule has 0 N–H and O–H groups in total. The summed E-state index contributed by atoms with van der Waals surface area (Å²) in [6, 6.07) is 18.7. The first-order chi connectivity index (χ1) is 13.6. The van der Waals surface area contributed by atoms with Gasteiger partial charge < -0.3 is 0 Å². The Bertz CT molecular complexity index is 812. The second kappa shape index (κ2) is 9.14. The van der Waals surface area contributed by atoms with Crippen LogP contribution in [0.5, 0.6) is 0 Å². The third-order valence-electron chi connectivity index (χ3n) is 5.26. The van der Waals surface area contributed by atoms with Gasteiger partial charge in [-0.15, -0.1) is 0 Å². The highest BCUT2D eigenvalue weighted by molar-refractivity contribution is 6.08. The van der Waals surface area contributed by atoms with Crippen LogP contribution in [0.15, 0.2) is 72.8 Å². The largest absolute Gasteiger partial charge is 0.207 e. The molecular weight excluding hydrogens is 356 g/mol. The molecule has 0 aromatic heterocycles. The van der Waals surface area contributed by atoms with Crippen molar-refractivity contribution in [1.82, 2.24) is 0 Å². The van der Waals surface area contributed by atoms with Gasteiger partial charge in [-0.2, -0.15) is 0 Å². The Labute approximate surface area is 165 Å². The lowest BCUT2D eigenvalue weighted by molar-refractivity contribution is 0.444. The van der Waals surface area contributed by atoms with Gasteiger partial charge in [0.25, 0.3) is 0 Å². The molecule has 0 saturated heterocycles. The van der Waals surface area contributed by atoms with E-state index in [0.29, 0.717) is 19.2 Å². The predicted molar refractivity (Wildman–Crippen MR) is 108 cm³/mol. The lowest BCUT2D eigenvalue weighted by atomic mass is 9.66. The van der Waals surface area contributed by atoms with Crippen molar-refractivity contribution in [2.45, 2.75) is 37.4 Å². The fourth-order valence-corrected chi connectivity index (χ4v) is 3.97. The minimum absolute atomic E-state index is 0.276. The summed E-state index contributed by atoms with van der Waals surface area (Å²) in [5.74, 6) is -1.44. The summed E-state index contributed by atoms with van der Waals surface area (Å²) >= 11 is 0. The van der Waals surface area contributed by atoms with Crippen LogP contribution in [0, 0.1) is 17.5 Å². The molecule has 0 saturated carbocycles. The summed E-state index contributed by atoms with van der Waals surface area (Å²) < 4.78 is 45.1. The van der Waals surface area contributed by atoms with Gasteiger partial charge in [-0.25, -0.2) is 13.2 Å². The maximum atomic E-state index is 15.0. The Morgan fingerprint density at radius 2 is 0.964 bits per heavy atom. The smallest absolute Gasteiger partial charge is 0.127 e. The molecule has 28 heavy (non-hydrogen) atoms. The fraction of sp³-hybridized carbons (Fsp3) is 0.250. The van der Waals surface area contributed by atoms with Crippen LogP contribution in [0.3, 0.4) is 0 Å². The van der Waals surface area contributed by atoms with Gasteiger partial charge in [0.05, 0.1) is 13.3 Å². The Balaban J connectivity index is 2.30. The summed E-state index contributed by atoms with van der Waals surface area (Å²) in [5, 5.41) is 0. The minimum atomic E-state index is -1.27. The van der Waals surface area contributed by atoms with Crippen LogP contribution in [0.1, 0.15) is 42.4 Å². The van der Waals surface area contributed by atoms with Crippen molar-refractivity contribution in [3.05, 3.63) is 107 Å². The molecule has 0 aliphatic rings. The number of benzene rings is 3. The van der Waals surface area contributed by atoms with Crippen molar-refractivity contribution in [3.63, 3.8) is 0 Å². The SMILES string of the molecule is [B]CCCCCC(c1ccccc1F)(c1ccccc1F)c1ccccc1F. The van der Waals surface area contributed by atoms with Crippen molar-refractivity contribution in [1.29, 1.82) is 0 Å². The van der Waals surface area contributed by atoms with Crippen LogP contribution in [0.4, 0.5) is 13.2 Å². The average Bonchev–Trinajstić information content (AvgIpc) is 2.71. The molecule has 0 atom stereocenters. The van der Waals surface area contributed by atoms with Gasteiger partial charge >= 0.3 is 0 Å². The Morgan fingerprint density at radius 1 is 0.571 bits per heavy atom. The molecule has 0 unspecified atom stereocenters. The third kappa shape index (κ3) is 3.87. The summed E-state index contributed by atoms with van der Waals surface area (Å²) in [6.45, 7) is 0. The van der Waals surface area contributed by atoms with Crippen molar-refractivity contribution in [3.8, 4) is 0 Å². The highest BCUT2D eigenvalue weighted by Crippen LogP contribution is 2.46. The highest BCUT2D eigenvalue weighted by atomic mass is 19.1. The van der Waals surface area contributed by atoms with Gasteiger partial charge in [0.15, 0.2) is 0 Å². The summed E-state index contributed by atoms with van der Waals surface area (Å²) in [4.78, 5) is 0. The van der Waals surface area contributed by atoms with E-state index in [-0.39, 0.29) is 16.7 Å². The number of hydrogen-bond acceptors (Lipinski definition) is 0. The highest BCUT2D eigenvalue weighted by Gasteiger charge is 2.41. The first-order valence-corrected chi connectivity index (χ1v) is 9.56. The second-order valence-electron chi connectivity index (χ2n) is 6.94. The third-order valence-corrected chi connectivity index (χ3v) is 5.26. The van der Waals surface area contributed by atoms with Gasteiger partial charge in [0, 0.05) is 16.7 Å². The number of halogens is 3. The quantitative estimate of drug-likeness (QED) is 0.236. The molecule has 0 bridgehead atoms. The molecule has 2 radical (unpaired) electrons. The molecule has 0 heterocycles. The lowest BCUT2D eigenvalue weighted by Gasteiger charge is -2.37. The molecule has 3 rings (SSSR count). The van der Waals surface area contributed by atoms with Gasteiger partial charge in [0.2, 0.25) is 0 Å². The monoisotopic (exact) mass is 378 g/mol. The van der Waals surface area contributed by atoms with Gasteiger partial charge in [0.1, 0.15) is 17.5 Å². The van der Waals surface area contributed by atoms with Crippen LogP contribution >= 0.6 is 0 Å². The van der Waals surface area contributed by atoms with Crippen molar-refractivity contribution in [2.75, 3.05) is 0 Å². The lowest BCUT2D eigenvalue weighted by Crippen LogP contribution is -2.33. The topological polar surface area (TPSA) is 0 Å². The summed E-state index contributed by atoms with van der Waals surface area (Å²) in [7, 11) is 5.60. The molecule has 0 aliphatic heterocycles. The Morgan fingerprint density at radius 3 is 1.32 bits per heavy atom. The van der Waals surface area contributed by atoms with Gasteiger partial charge in [-0.1, -0.05) is 80.2 Å². The maximum Gasteiger partial charge on any atom is 0.127 e. The molecule has 4 heteroatoms. The Hall–Kier alpha value is -2.49. The predicted octanol–water partition coefficient (Wildman–Crippen LogP) is 6.59. The van der Waals surface area contributed by atoms with Crippen LogP contribution in [0.25, 0.3) is 0 Å². The number of unbranched alkanes of at least 4 members (excludes halogenated alkanes) is 2. The molecular formula is C24H22BF3. The van der Waals surface area contributed by atoms with Crippen molar-refractivity contribution in [2.24, 2.45) is 0 Å². The van der Waals surface area contributed by atoms with Crippen molar-refractivity contribution >= 4 is 7.85 Å². The van der Waals surface area contributed by atoms with Crippen LogP contribution in [-0.4, -0.2) is 7.85 Å². The number of hydrogen-bond donors (Lipinski definition) is 0. The van der Waals surface area contributed by atoms with E-state index < -0.39 is 22.9 Å². The molecule has 0 amide bonds. The molecule has 3 aromatic carbocycles. The molecule has 0 aliphatic carbocycles. The first-order valence-electron chi connectivity index (χ1n) is 9.56. The zero-order valence-electron chi connectivity index (χ0n) is 15.7. The van der Waals surface area contributed by atoms with Crippen molar-refractivity contribution < 1.29 is 13.2 Å². The fourth-order valence-electron chi connectivity index (χ4n) is 3.97.